The second-order valence-corrected chi connectivity index (χ2v) is 8.35. The third-order valence-corrected chi connectivity index (χ3v) is 6.22. The van der Waals surface area contributed by atoms with Gasteiger partial charge in [0.15, 0.2) is 5.65 Å². The SMILES string of the molecule is Cc1cc(Nc2cc(C3CCCNC3)nc3c(C4=COC(C=N)C4)cnn23)sn1. The Morgan fingerprint density at radius 1 is 1.41 bits per heavy atom. The average molecular weight is 410 g/mol. The van der Waals surface area contributed by atoms with Crippen molar-refractivity contribution in [3.8, 4) is 0 Å². The van der Waals surface area contributed by atoms with Crippen LogP contribution in [0.4, 0.5) is 10.8 Å². The smallest absolute Gasteiger partial charge is 0.165 e. The molecule has 8 nitrogen and oxygen atoms in total. The van der Waals surface area contributed by atoms with Crippen LogP contribution in [0.2, 0.25) is 0 Å². The minimum Gasteiger partial charge on any atom is -0.492 e. The summed E-state index contributed by atoms with van der Waals surface area (Å²) in [6.45, 7) is 3.99. The van der Waals surface area contributed by atoms with Crippen molar-refractivity contribution in [2.24, 2.45) is 0 Å². The molecule has 0 saturated carbocycles. The fourth-order valence-electron chi connectivity index (χ4n) is 3.91. The fraction of sp³-hybridized carbons (Fsp3) is 0.400. The second kappa shape index (κ2) is 7.57. The molecule has 150 valence electrons. The molecule has 1 saturated heterocycles. The molecule has 2 aliphatic heterocycles. The van der Waals surface area contributed by atoms with Crippen LogP contribution in [-0.4, -0.2) is 44.4 Å². The summed E-state index contributed by atoms with van der Waals surface area (Å²) in [5, 5.41) is 20.0. The number of aryl methyl sites for hydroxylation is 1. The fourth-order valence-corrected chi connectivity index (χ4v) is 4.58. The molecule has 9 heteroatoms. The van der Waals surface area contributed by atoms with Crippen LogP contribution >= 0.6 is 11.5 Å². The van der Waals surface area contributed by atoms with Crippen molar-refractivity contribution >= 4 is 39.8 Å². The molecular formula is C20H23N7OS. The highest BCUT2D eigenvalue weighted by atomic mass is 32.1. The first-order chi connectivity index (χ1) is 14.2. The topological polar surface area (TPSA) is 100 Å². The zero-order chi connectivity index (χ0) is 19.8. The first-order valence-corrected chi connectivity index (χ1v) is 10.6. The molecule has 29 heavy (non-hydrogen) atoms. The number of anilines is 2. The molecule has 0 aliphatic carbocycles. The monoisotopic (exact) mass is 409 g/mol. The van der Waals surface area contributed by atoms with Gasteiger partial charge in [0.25, 0.3) is 0 Å². The van der Waals surface area contributed by atoms with Gasteiger partial charge in [-0.2, -0.15) is 14.0 Å². The van der Waals surface area contributed by atoms with Gasteiger partial charge in [0, 0.05) is 42.3 Å². The summed E-state index contributed by atoms with van der Waals surface area (Å²) in [4.78, 5) is 5.02. The van der Waals surface area contributed by atoms with Crippen molar-refractivity contribution < 1.29 is 4.74 Å². The van der Waals surface area contributed by atoms with Crippen LogP contribution in [0.1, 0.15) is 42.1 Å². The molecule has 2 aliphatic rings. The largest absolute Gasteiger partial charge is 0.492 e. The Bertz CT molecular complexity index is 1080. The molecule has 0 aromatic carbocycles. The predicted molar refractivity (Wildman–Crippen MR) is 114 cm³/mol. The summed E-state index contributed by atoms with van der Waals surface area (Å²) in [5.41, 5.74) is 4.87. The maximum Gasteiger partial charge on any atom is 0.165 e. The highest BCUT2D eigenvalue weighted by molar-refractivity contribution is 7.10. The van der Waals surface area contributed by atoms with Crippen molar-refractivity contribution in [1.82, 2.24) is 24.3 Å². The van der Waals surface area contributed by atoms with Gasteiger partial charge in [0.1, 0.15) is 16.9 Å². The van der Waals surface area contributed by atoms with Gasteiger partial charge in [-0.3, -0.25) is 0 Å². The number of piperidine rings is 1. The summed E-state index contributed by atoms with van der Waals surface area (Å²) < 4.78 is 11.8. The van der Waals surface area contributed by atoms with E-state index in [0.29, 0.717) is 12.3 Å². The van der Waals surface area contributed by atoms with Crippen LogP contribution in [0.15, 0.2) is 24.6 Å². The quantitative estimate of drug-likeness (QED) is 0.558. The number of hydrogen-bond acceptors (Lipinski definition) is 8. The maximum atomic E-state index is 7.47. The van der Waals surface area contributed by atoms with E-state index >= 15 is 0 Å². The highest BCUT2D eigenvalue weighted by Gasteiger charge is 2.24. The number of hydrogen-bond donors (Lipinski definition) is 3. The Labute approximate surface area is 172 Å². The van der Waals surface area contributed by atoms with Gasteiger partial charge in [0.05, 0.1) is 23.8 Å². The van der Waals surface area contributed by atoms with E-state index in [0.717, 1.165) is 64.9 Å². The molecule has 0 amide bonds. The van der Waals surface area contributed by atoms with Crippen LogP contribution in [0.25, 0.3) is 11.2 Å². The second-order valence-electron chi connectivity index (χ2n) is 7.55. The maximum absolute atomic E-state index is 7.47. The Morgan fingerprint density at radius 2 is 2.34 bits per heavy atom. The van der Waals surface area contributed by atoms with Gasteiger partial charge in [-0.25, -0.2) is 4.98 Å². The first-order valence-electron chi connectivity index (χ1n) is 9.86. The average Bonchev–Trinajstić information content (AvgIpc) is 3.48. The number of rotatable bonds is 5. The number of ether oxygens (including phenoxy) is 1. The standard InChI is InChI=1S/C20H23N7OS/c1-12-5-19(29-26-12)25-18-7-17(13-3-2-4-22-9-13)24-20-16(10-23-27(18)20)14-6-15(8-21)28-11-14/h5,7-8,10-11,13,15,21-22,25H,2-4,6,9H2,1H3. The summed E-state index contributed by atoms with van der Waals surface area (Å²) >= 11 is 1.44. The van der Waals surface area contributed by atoms with Gasteiger partial charge in [-0.1, -0.05) is 0 Å². The highest BCUT2D eigenvalue weighted by Crippen LogP contribution is 2.33. The number of aromatic nitrogens is 4. The van der Waals surface area contributed by atoms with Crippen molar-refractivity contribution in [1.29, 1.82) is 5.41 Å². The van der Waals surface area contributed by atoms with Gasteiger partial charge in [-0.05, 0) is 43.9 Å². The van der Waals surface area contributed by atoms with Crippen molar-refractivity contribution in [3.05, 3.63) is 41.5 Å². The lowest BCUT2D eigenvalue weighted by molar-refractivity contribution is 0.234. The summed E-state index contributed by atoms with van der Waals surface area (Å²) in [6, 6.07) is 4.14. The van der Waals surface area contributed by atoms with Gasteiger partial charge in [0.2, 0.25) is 0 Å². The molecule has 3 aromatic rings. The molecular weight excluding hydrogens is 386 g/mol. The van der Waals surface area contributed by atoms with Gasteiger partial charge in [-0.15, -0.1) is 0 Å². The molecule has 5 rings (SSSR count). The molecule has 2 unspecified atom stereocenters. The Balaban J connectivity index is 1.59. The van der Waals surface area contributed by atoms with E-state index in [-0.39, 0.29) is 6.10 Å². The zero-order valence-electron chi connectivity index (χ0n) is 16.2. The molecule has 3 N–H and O–H groups in total. The Hall–Kier alpha value is -2.78. The lowest BCUT2D eigenvalue weighted by atomic mass is 9.95. The molecule has 2 atom stereocenters. The molecule has 0 radical (unpaired) electrons. The van der Waals surface area contributed by atoms with Crippen LogP contribution in [0, 0.1) is 12.3 Å². The van der Waals surface area contributed by atoms with Crippen LogP contribution in [0.5, 0.6) is 0 Å². The minimum absolute atomic E-state index is 0.205. The van der Waals surface area contributed by atoms with Gasteiger partial charge >= 0.3 is 0 Å². The van der Waals surface area contributed by atoms with E-state index < -0.39 is 0 Å². The van der Waals surface area contributed by atoms with Gasteiger partial charge < -0.3 is 20.8 Å². The van der Waals surface area contributed by atoms with E-state index in [1.165, 1.54) is 17.7 Å². The Kier molecular flexibility index (Phi) is 4.76. The first kappa shape index (κ1) is 18.3. The Morgan fingerprint density at radius 3 is 3.07 bits per heavy atom. The third kappa shape index (κ3) is 3.51. The lowest BCUT2D eigenvalue weighted by Gasteiger charge is -2.23. The van der Waals surface area contributed by atoms with E-state index in [4.69, 9.17) is 15.1 Å². The van der Waals surface area contributed by atoms with Crippen LogP contribution < -0.4 is 10.6 Å². The molecule has 0 spiro atoms. The van der Waals surface area contributed by atoms with Crippen molar-refractivity contribution in [3.63, 3.8) is 0 Å². The third-order valence-electron chi connectivity index (χ3n) is 5.42. The molecule has 5 heterocycles. The van der Waals surface area contributed by atoms with Crippen molar-refractivity contribution in [2.75, 3.05) is 18.4 Å². The van der Waals surface area contributed by atoms with E-state index in [1.54, 1.807) is 6.26 Å². The van der Waals surface area contributed by atoms with Crippen molar-refractivity contribution in [2.45, 2.75) is 38.2 Å². The summed E-state index contributed by atoms with van der Waals surface area (Å²) in [5.74, 6) is 1.26. The molecule has 0 bridgehead atoms. The molecule has 3 aromatic heterocycles. The van der Waals surface area contributed by atoms with Crippen LogP contribution in [0.3, 0.4) is 0 Å². The molecule has 1 fully saturated rings. The number of fused-ring (bicyclic) bond motifs is 1. The van der Waals surface area contributed by atoms with Crippen LogP contribution in [-0.2, 0) is 4.74 Å². The lowest BCUT2D eigenvalue weighted by Crippen LogP contribution is -2.29. The normalized spacial score (nSPS) is 21.8. The summed E-state index contributed by atoms with van der Waals surface area (Å²) in [7, 11) is 0. The number of nitrogens with one attached hydrogen (secondary N) is 3. The number of nitrogens with zero attached hydrogens (tertiary/aromatic N) is 4. The zero-order valence-corrected chi connectivity index (χ0v) is 17.0. The van der Waals surface area contributed by atoms with E-state index in [9.17, 15) is 0 Å². The van der Waals surface area contributed by atoms with E-state index in [1.807, 2.05) is 23.7 Å². The summed E-state index contributed by atoms with van der Waals surface area (Å²) in [6.07, 6.45) is 7.66. The minimum atomic E-state index is -0.205. The van der Waals surface area contributed by atoms with E-state index in [2.05, 4.69) is 26.2 Å². The predicted octanol–water partition coefficient (Wildman–Crippen LogP) is 3.48.